The van der Waals surface area contributed by atoms with Crippen molar-refractivity contribution in [2.45, 2.75) is 68.7 Å². The van der Waals surface area contributed by atoms with Crippen LogP contribution in [0, 0.1) is 0 Å². The first-order chi connectivity index (χ1) is 16.5. The summed E-state index contributed by atoms with van der Waals surface area (Å²) in [5.41, 5.74) is 2.84. The molecule has 6 nitrogen and oxygen atoms in total. The molecule has 1 aliphatic heterocycles. The number of fused-ring (bicyclic) bond motifs is 1. The number of carbonyl (C=O) groups excluding carboxylic acids is 2. The van der Waals surface area contributed by atoms with E-state index in [1.165, 1.54) is 10.5 Å². The van der Waals surface area contributed by atoms with Crippen molar-refractivity contribution in [1.29, 1.82) is 0 Å². The maximum absolute atomic E-state index is 13.5. The van der Waals surface area contributed by atoms with E-state index < -0.39 is 12.0 Å². The monoisotopic (exact) mass is 482 g/mol. The fourth-order valence-electron chi connectivity index (χ4n) is 4.58. The highest BCUT2D eigenvalue weighted by Gasteiger charge is 2.33. The summed E-state index contributed by atoms with van der Waals surface area (Å²) in [6.07, 6.45) is 7.12. The zero-order chi connectivity index (χ0) is 24.3. The van der Waals surface area contributed by atoms with Gasteiger partial charge in [0.1, 0.15) is 12.8 Å². The van der Waals surface area contributed by atoms with Crippen molar-refractivity contribution < 1.29 is 19.5 Å². The SMILES string of the molecule is O=CCCCCC[C@H](NC1CCc2ccccc2N(CC(=O)O)C1=O)[C@@H](S)Cc1ccccc1. The highest BCUT2D eigenvalue weighted by molar-refractivity contribution is 7.81. The Balaban J connectivity index is 1.76. The first-order valence-electron chi connectivity index (χ1n) is 12.0. The minimum absolute atomic E-state index is 0.0141. The van der Waals surface area contributed by atoms with Gasteiger partial charge in [-0.05, 0) is 49.3 Å². The number of para-hydroxylation sites is 1. The van der Waals surface area contributed by atoms with E-state index in [-0.39, 0.29) is 23.7 Å². The van der Waals surface area contributed by atoms with Crippen molar-refractivity contribution in [2.24, 2.45) is 0 Å². The maximum atomic E-state index is 13.5. The lowest BCUT2D eigenvalue weighted by Crippen LogP contribution is -2.53. The van der Waals surface area contributed by atoms with Crippen molar-refractivity contribution in [3.8, 4) is 0 Å². The number of unbranched alkanes of at least 4 members (excludes halogenated alkanes) is 3. The van der Waals surface area contributed by atoms with Crippen LogP contribution in [0.5, 0.6) is 0 Å². The number of aldehydes is 1. The summed E-state index contributed by atoms with van der Waals surface area (Å²) in [5.74, 6) is -1.25. The van der Waals surface area contributed by atoms with Crippen molar-refractivity contribution in [3.05, 3.63) is 65.7 Å². The topological polar surface area (TPSA) is 86.7 Å². The highest BCUT2D eigenvalue weighted by atomic mass is 32.1. The number of amides is 1. The Morgan fingerprint density at radius 2 is 1.85 bits per heavy atom. The van der Waals surface area contributed by atoms with Crippen LogP contribution >= 0.6 is 12.6 Å². The number of hydrogen-bond donors (Lipinski definition) is 3. The molecule has 3 atom stereocenters. The number of thiol groups is 1. The second kappa shape index (κ2) is 13.3. The summed E-state index contributed by atoms with van der Waals surface area (Å²) in [6.45, 7) is -0.362. The molecule has 0 bridgehead atoms. The number of rotatable bonds is 13. The molecule has 34 heavy (non-hydrogen) atoms. The first-order valence-corrected chi connectivity index (χ1v) is 12.5. The zero-order valence-electron chi connectivity index (χ0n) is 19.4. The van der Waals surface area contributed by atoms with Crippen LogP contribution < -0.4 is 10.2 Å². The number of anilines is 1. The summed E-state index contributed by atoms with van der Waals surface area (Å²) in [5, 5.41) is 13.0. The highest BCUT2D eigenvalue weighted by Crippen LogP contribution is 2.28. The third-order valence-corrected chi connectivity index (χ3v) is 6.89. The van der Waals surface area contributed by atoms with E-state index in [9.17, 15) is 19.5 Å². The molecule has 2 N–H and O–H groups in total. The van der Waals surface area contributed by atoms with Gasteiger partial charge in [-0.2, -0.15) is 12.6 Å². The van der Waals surface area contributed by atoms with Crippen molar-refractivity contribution in [1.82, 2.24) is 5.32 Å². The Morgan fingerprint density at radius 1 is 1.12 bits per heavy atom. The van der Waals surface area contributed by atoms with Crippen LogP contribution in [-0.2, 0) is 27.2 Å². The number of nitrogens with zero attached hydrogens (tertiary/aromatic N) is 1. The van der Waals surface area contributed by atoms with E-state index in [4.69, 9.17) is 12.6 Å². The van der Waals surface area contributed by atoms with Gasteiger partial charge < -0.3 is 15.2 Å². The van der Waals surface area contributed by atoms with Gasteiger partial charge in [0.15, 0.2) is 0 Å². The number of carbonyl (C=O) groups is 3. The maximum Gasteiger partial charge on any atom is 0.323 e. The van der Waals surface area contributed by atoms with E-state index in [0.717, 1.165) is 44.0 Å². The predicted molar refractivity (Wildman–Crippen MR) is 138 cm³/mol. The van der Waals surface area contributed by atoms with Gasteiger partial charge in [0.25, 0.3) is 0 Å². The molecule has 7 heteroatoms. The molecule has 0 aromatic heterocycles. The average Bonchev–Trinajstić information content (AvgIpc) is 2.95. The molecule has 182 valence electrons. The Morgan fingerprint density at radius 3 is 2.59 bits per heavy atom. The average molecular weight is 483 g/mol. The molecule has 3 rings (SSSR count). The van der Waals surface area contributed by atoms with E-state index in [1.807, 2.05) is 42.5 Å². The number of carboxylic acids is 1. The Bertz CT molecular complexity index is 953. The van der Waals surface area contributed by atoms with Crippen LogP contribution in [0.1, 0.15) is 49.7 Å². The van der Waals surface area contributed by atoms with Gasteiger partial charge in [0, 0.05) is 23.4 Å². The number of aliphatic carboxylic acids is 1. The van der Waals surface area contributed by atoms with Crippen LogP contribution in [0.3, 0.4) is 0 Å². The van der Waals surface area contributed by atoms with Crippen molar-refractivity contribution in [3.63, 3.8) is 0 Å². The number of benzene rings is 2. The normalized spacial score (nSPS) is 17.5. The lowest BCUT2D eigenvalue weighted by atomic mass is 9.97. The third kappa shape index (κ3) is 7.43. The summed E-state index contributed by atoms with van der Waals surface area (Å²) < 4.78 is 0. The molecular weight excluding hydrogens is 448 g/mol. The molecule has 2 aromatic rings. The fraction of sp³-hybridized carbons (Fsp3) is 0.444. The standard InChI is InChI=1S/C27H34N2O4S/c30-17-9-2-1-6-13-22(25(34)18-20-10-4-3-5-11-20)28-23-16-15-21-12-7-8-14-24(21)29(27(23)33)19-26(31)32/h3-5,7-8,10-12,14,17,22-23,25,28,34H,1-2,6,9,13,15-16,18-19H2,(H,31,32)/t22-,23?,25-/m0/s1. The number of aryl methyl sites for hydroxylation is 1. The fourth-order valence-corrected chi connectivity index (χ4v) is 5.03. The second-order valence-corrected chi connectivity index (χ2v) is 9.54. The van der Waals surface area contributed by atoms with E-state index in [0.29, 0.717) is 24.9 Å². The Labute approximate surface area is 207 Å². The largest absolute Gasteiger partial charge is 0.480 e. The molecule has 1 amide bonds. The van der Waals surface area contributed by atoms with E-state index >= 15 is 0 Å². The Hall–Kier alpha value is -2.64. The molecule has 1 heterocycles. The molecule has 0 saturated heterocycles. The molecule has 0 fully saturated rings. The summed E-state index contributed by atoms with van der Waals surface area (Å²) in [6, 6.07) is 17.2. The molecule has 1 unspecified atom stereocenters. The van der Waals surface area contributed by atoms with E-state index in [1.54, 1.807) is 0 Å². The number of carboxylic acid groups (broad SMARTS) is 1. The molecule has 1 aliphatic rings. The minimum Gasteiger partial charge on any atom is -0.480 e. The molecule has 0 spiro atoms. The van der Waals surface area contributed by atoms with Crippen LogP contribution in [0.4, 0.5) is 5.69 Å². The van der Waals surface area contributed by atoms with Gasteiger partial charge in [0.05, 0.1) is 6.04 Å². The van der Waals surface area contributed by atoms with Crippen molar-refractivity contribution >= 4 is 36.5 Å². The summed E-state index contributed by atoms with van der Waals surface area (Å²) in [4.78, 5) is 37.1. The molecular formula is C27H34N2O4S. The van der Waals surface area contributed by atoms with Gasteiger partial charge in [-0.25, -0.2) is 0 Å². The van der Waals surface area contributed by atoms with Crippen LogP contribution in [-0.4, -0.2) is 47.1 Å². The Kier molecular flexibility index (Phi) is 10.2. The quantitative estimate of drug-likeness (QED) is 0.228. The van der Waals surface area contributed by atoms with Gasteiger partial charge in [-0.1, -0.05) is 61.4 Å². The molecule has 0 radical (unpaired) electrons. The number of nitrogens with one attached hydrogen (secondary N) is 1. The lowest BCUT2D eigenvalue weighted by Gasteiger charge is -2.31. The van der Waals surface area contributed by atoms with Crippen LogP contribution in [0.25, 0.3) is 0 Å². The van der Waals surface area contributed by atoms with Gasteiger partial charge >= 0.3 is 5.97 Å². The minimum atomic E-state index is -1.04. The van der Waals surface area contributed by atoms with Crippen molar-refractivity contribution in [2.75, 3.05) is 11.4 Å². The van der Waals surface area contributed by atoms with Crippen LogP contribution in [0.15, 0.2) is 54.6 Å². The molecule has 2 aromatic carbocycles. The number of hydrogen-bond acceptors (Lipinski definition) is 5. The van der Waals surface area contributed by atoms with Crippen LogP contribution in [0.2, 0.25) is 0 Å². The summed E-state index contributed by atoms with van der Waals surface area (Å²) in [7, 11) is 0. The predicted octanol–water partition coefficient (Wildman–Crippen LogP) is 4.07. The van der Waals surface area contributed by atoms with Gasteiger partial charge in [0.2, 0.25) is 5.91 Å². The second-order valence-electron chi connectivity index (χ2n) is 8.87. The van der Waals surface area contributed by atoms with Gasteiger partial charge in [-0.15, -0.1) is 0 Å². The first kappa shape index (κ1) is 26.0. The molecule has 0 saturated carbocycles. The summed E-state index contributed by atoms with van der Waals surface area (Å²) >= 11 is 4.93. The third-order valence-electron chi connectivity index (χ3n) is 6.35. The lowest BCUT2D eigenvalue weighted by molar-refractivity contribution is -0.136. The van der Waals surface area contributed by atoms with E-state index in [2.05, 4.69) is 17.4 Å². The smallest absolute Gasteiger partial charge is 0.323 e. The zero-order valence-corrected chi connectivity index (χ0v) is 20.3. The van der Waals surface area contributed by atoms with Gasteiger partial charge in [-0.3, -0.25) is 14.5 Å². The molecule has 0 aliphatic carbocycles.